The zero-order valence-electron chi connectivity index (χ0n) is 13.3. The number of thioether (sulfide) groups is 1. The number of alkyl carbamates (subject to hydrolysis) is 1. The van der Waals surface area contributed by atoms with E-state index in [1.165, 1.54) is 4.90 Å². The van der Waals surface area contributed by atoms with E-state index in [-0.39, 0.29) is 10.8 Å². The zero-order valence-corrected chi connectivity index (χ0v) is 14.9. The Labute approximate surface area is 136 Å². The Hall–Kier alpha value is -0.870. The minimum absolute atomic E-state index is 0.0167. The molecule has 1 rings (SSSR count). The molecular formula is C16H24ClNO2S. The number of hydrogen-bond acceptors (Lipinski definition) is 3. The van der Waals surface area contributed by atoms with Crippen LogP contribution in [0.25, 0.3) is 0 Å². The van der Waals surface area contributed by atoms with Crippen LogP contribution in [0.3, 0.4) is 0 Å². The molecule has 1 aromatic rings. The van der Waals surface area contributed by atoms with Crippen molar-refractivity contribution in [3.63, 3.8) is 0 Å². The zero-order chi connectivity index (χ0) is 16.1. The number of carbonyl (C=O) groups is 1. The summed E-state index contributed by atoms with van der Waals surface area (Å²) in [6, 6.07) is 7.80. The Morgan fingerprint density at radius 2 is 1.76 bits per heavy atom. The van der Waals surface area contributed by atoms with Gasteiger partial charge in [0.15, 0.2) is 0 Å². The van der Waals surface area contributed by atoms with Crippen molar-refractivity contribution in [3.8, 4) is 0 Å². The number of carbonyl (C=O) groups excluding carboxylic acids is 1. The van der Waals surface area contributed by atoms with Crippen LogP contribution < -0.4 is 5.32 Å². The fraction of sp³-hybridized carbons (Fsp3) is 0.562. The fourth-order valence-electron chi connectivity index (χ4n) is 1.65. The Balaban J connectivity index is 2.39. The highest BCUT2D eigenvalue weighted by molar-refractivity contribution is 8.00. The van der Waals surface area contributed by atoms with Crippen LogP contribution in [0.4, 0.5) is 4.79 Å². The summed E-state index contributed by atoms with van der Waals surface area (Å²) >= 11 is 7.65. The molecule has 0 aliphatic rings. The van der Waals surface area contributed by atoms with Crippen molar-refractivity contribution in [1.29, 1.82) is 0 Å². The molecule has 0 spiro atoms. The number of ether oxygens (including phenoxy) is 1. The summed E-state index contributed by atoms with van der Waals surface area (Å²) in [6.45, 7) is 10.5. The summed E-state index contributed by atoms with van der Waals surface area (Å²) in [5.41, 5.74) is -0.461. The number of benzene rings is 1. The lowest BCUT2D eigenvalue weighted by Crippen LogP contribution is -2.34. The van der Waals surface area contributed by atoms with Gasteiger partial charge in [-0.15, -0.1) is 11.8 Å². The Morgan fingerprint density at radius 1 is 1.19 bits per heavy atom. The molecule has 1 N–H and O–H groups in total. The maximum Gasteiger partial charge on any atom is 0.407 e. The van der Waals surface area contributed by atoms with E-state index in [2.05, 4.69) is 19.2 Å². The Morgan fingerprint density at radius 3 is 2.29 bits per heavy atom. The summed E-state index contributed by atoms with van der Waals surface area (Å²) in [7, 11) is 0. The third kappa shape index (κ3) is 8.22. The first-order valence-corrected chi connectivity index (χ1v) is 8.18. The highest BCUT2D eigenvalue weighted by atomic mass is 35.5. The van der Waals surface area contributed by atoms with Gasteiger partial charge in [-0.2, -0.15) is 0 Å². The van der Waals surface area contributed by atoms with E-state index < -0.39 is 5.60 Å². The number of amides is 1. The van der Waals surface area contributed by atoms with Gasteiger partial charge >= 0.3 is 6.09 Å². The van der Waals surface area contributed by atoms with Crippen LogP contribution in [0.5, 0.6) is 0 Å². The molecule has 1 aromatic carbocycles. The van der Waals surface area contributed by atoms with Gasteiger partial charge in [0, 0.05) is 21.2 Å². The molecule has 0 fully saturated rings. The third-order valence-corrected chi connectivity index (χ3v) is 4.12. The second kappa shape index (κ2) is 7.41. The van der Waals surface area contributed by atoms with Gasteiger partial charge in [0.05, 0.1) is 0 Å². The van der Waals surface area contributed by atoms with Crippen LogP contribution in [0, 0.1) is 0 Å². The van der Waals surface area contributed by atoms with E-state index in [0.29, 0.717) is 6.54 Å². The van der Waals surface area contributed by atoms with Gasteiger partial charge in [-0.3, -0.25) is 0 Å². The van der Waals surface area contributed by atoms with Gasteiger partial charge < -0.3 is 10.1 Å². The summed E-state index contributed by atoms with van der Waals surface area (Å²) in [6.07, 6.45) is 0.481. The molecule has 1 amide bonds. The first kappa shape index (κ1) is 18.2. The van der Waals surface area contributed by atoms with Crippen LogP contribution in [0.2, 0.25) is 5.02 Å². The summed E-state index contributed by atoms with van der Waals surface area (Å²) < 4.78 is 5.23. The predicted molar refractivity (Wildman–Crippen MR) is 90.2 cm³/mol. The minimum atomic E-state index is -0.461. The Kier molecular flexibility index (Phi) is 6.41. The van der Waals surface area contributed by atoms with E-state index >= 15 is 0 Å². The van der Waals surface area contributed by atoms with Gasteiger partial charge in [-0.1, -0.05) is 25.4 Å². The van der Waals surface area contributed by atoms with Crippen LogP contribution in [-0.4, -0.2) is 23.0 Å². The first-order valence-electron chi connectivity index (χ1n) is 6.99. The maximum atomic E-state index is 11.6. The van der Waals surface area contributed by atoms with Crippen molar-refractivity contribution in [2.45, 2.75) is 56.3 Å². The quantitative estimate of drug-likeness (QED) is 0.761. The SMILES string of the molecule is CC(C)(C)OC(=O)NCCC(C)(C)Sc1ccc(Cl)cc1. The molecule has 5 heteroatoms. The summed E-state index contributed by atoms with van der Waals surface area (Å²) in [4.78, 5) is 12.8. The van der Waals surface area contributed by atoms with Crippen molar-refractivity contribution in [2.24, 2.45) is 0 Å². The van der Waals surface area contributed by atoms with E-state index in [0.717, 1.165) is 11.4 Å². The van der Waals surface area contributed by atoms with Crippen LogP contribution in [0.15, 0.2) is 29.2 Å². The summed E-state index contributed by atoms with van der Waals surface area (Å²) in [5.74, 6) is 0. The molecule has 0 aromatic heterocycles. The van der Waals surface area contributed by atoms with Gasteiger partial charge in [0.2, 0.25) is 0 Å². The lowest BCUT2D eigenvalue weighted by Gasteiger charge is -2.25. The van der Waals surface area contributed by atoms with Gasteiger partial charge in [-0.25, -0.2) is 4.79 Å². The van der Waals surface area contributed by atoms with E-state index in [1.807, 2.05) is 45.0 Å². The molecule has 0 bridgehead atoms. The Bertz CT molecular complexity index is 466. The average molecular weight is 330 g/mol. The van der Waals surface area contributed by atoms with Gasteiger partial charge in [0.25, 0.3) is 0 Å². The van der Waals surface area contributed by atoms with Crippen molar-refractivity contribution in [3.05, 3.63) is 29.3 Å². The first-order chi connectivity index (χ1) is 9.57. The molecule has 0 aliphatic carbocycles. The van der Waals surface area contributed by atoms with Crippen LogP contribution in [0.1, 0.15) is 41.0 Å². The second-order valence-corrected chi connectivity index (χ2v) is 8.71. The number of rotatable bonds is 5. The highest BCUT2D eigenvalue weighted by Gasteiger charge is 2.21. The van der Waals surface area contributed by atoms with Crippen LogP contribution in [-0.2, 0) is 4.74 Å². The highest BCUT2D eigenvalue weighted by Crippen LogP contribution is 2.35. The summed E-state index contributed by atoms with van der Waals surface area (Å²) in [5, 5.41) is 3.53. The maximum absolute atomic E-state index is 11.6. The number of nitrogens with one attached hydrogen (secondary N) is 1. The molecule has 21 heavy (non-hydrogen) atoms. The molecule has 0 heterocycles. The average Bonchev–Trinajstić information content (AvgIpc) is 2.29. The minimum Gasteiger partial charge on any atom is -0.444 e. The second-order valence-electron chi connectivity index (χ2n) is 6.49. The van der Waals surface area contributed by atoms with Crippen molar-refractivity contribution >= 4 is 29.5 Å². The molecular weight excluding hydrogens is 306 g/mol. The largest absolute Gasteiger partial charge is 0.444 e. The fourth-order valence-corrected chi connectivity index (χ4v) is 2.89. The smallest absolute Gasteiger partial charge is 0.407 e. The van der Waals surface area contributed by atoms with Crippen molar-refractivity contribution < 1.29 is 9.53 Å². The molecule has 0 aliphatic heterocycles. The topological polar surface area (TPSA) is 38.3 Å². The molecule has 3 nitrogen and oxygen atoms in total. The lowest BCUT2D eigenvalue weighted by atomic mass is 10.1. The molecule has 0 unspecified atom stereocenters. The molecule has 0 atom stereocenters. The molecule has 118 valence electrons. The van der Waals surface area contributed by atoms with Gasteiger partial charge in [-0.05, 0) is 51.5 Å². The van der Waals surface area contributed by atoms with E-state index in [9.17, 15) is 4.79 Å². The van der Waals surface area contributed by atoms with E-state index in [1.54, 1.807) is 11.8 Å². The third-order valence-electron chi connectivity index (χ3n) is 2.60. The van der Waals surface area contributed by atoms with Crippen LogP contribution >= 0.6 is 23.4 Å². The standard InChI is InChI=1S/C16H24ClNO2S/c1-15(2,3)20-14(19)18-11-10-16(4,5)21-13-8-6-12(17)7-9-13/h6-9H,10-11H2,1-5H3,(H,18,19). The number of hydrogen-bond donors (Lipinski definition) is 1. The normalized spacial score (nSPS) is 12.1. The molecule has 0 saturated heterocycles. The molecule has 0 radical (unpaired) electrons. The predicted octanol–water partition coefficient (Wildman–Crippen LogP) is 5.13. The monoisotopic (exact) mass is 329 g/mol. The van der Waals surface area contributed by atoms with E-state index in [4.69, 9.17) is 16.3 Å². The van der Waals surface area contributed by atoms with Crippen molar-refractivity contribution in [1.82, 2.24) is 5.32 Å². The lowest BCUT2D eigenvalue weighted by molar-refractivity contribution is 0.0526. The van der Waals surface area contributed by atoms with Crippen molar-refractivity contribution in [2.75, 3.05) is 6.54 Å². The molecule has 0 saturated carbocycles. The number of halogens is 1. The van der Waals surface area contributed by atoms with Gasteiger partial charge in [0.1, 0.15) is 5.60 Å².